The molecule has 1 amide bonds. The van der Waals surface area contributed by atoms with Crippen molar-refractivity contribution in [2.45, 2.75) is 32.7 Å². The monoisotopic (exact) mass is 323 g/mol. The van der Waals surface area contributed by atoms with Gasteiger partial charge in [-0.2, -0.15) is 10.2 Å². The van der Waals surface area contributed by atoms with E-state index in [1.807, 2.05) is 30.0 Å². The lowest BCUT2D eigenvalue weighted by molar-refractivity contribution is 0.0673. The highest BCUT2D eigenvalue weighted by Crippen LogP contribution is 2.26. The van der Waals surface area contributed by atoms with E-state index in [1.54, 1.807) is 6.20 Å². The van der Waals surface area contributed by atoms with Crippen LogP contribution in [-0.4, -0.2) is 43.9 Å². The number of aromatic nitrogens is 4. The summed E-state index contributed by atoms with van der Waals surface area (Å²) in [5, 5.41) is 12.5. The Bertz CT molecular complexity index is 894. The first-order valence-corrected chi connectivity index (χ1v) is 8.37. The first-order valence-electron chi connectivity index (χ1n) is 8.37. The van der Waals surface area contributed by atoms with Gasteiger partial charge in [-0.1, -0.05) is 6.07 Å². The molecule has 3 heterocycles. The van der Waals surface area contributed by atoms with E-state index >= 15 is 0 Å². The second-order valence-corrected chi connectivity index (χ2v) is 6.56. The number of nitrogens with zero attached hydrogens (tertiary/aromatic N) is 4. The predicted molar refractivity (Wildman–Crippen MR) is 92.0 cm³/mol. The largest absolute Gasteiger partial charge is 0.336 e. The Morgan fingerprint density at radius 3 is 3.00 bits per heavy atom. The lowest BCUT2D eigenvalue weighted by Gasteiger charge is -2.33. The number of aryl methyl sites for hydroxylation is 2. The fourth-order valence-electron chi connectivity index (χ4n) is 3.68. The first kappa shape index (κ1) is 14.9. The third-order valence-corrected chi connectivity index (χ3v) is 4.79. The van der Waals surface area contributed by atoms with Crippen LogP contribution >= 0.6 is 0 Å². The number of hydrogen-bond donors (Lipinski definition) is 1. The summed E-state index contributed by atoms with van der Waals surface area (Å²) in [6.07, 6.45) is 3.78. The highest BCUT2D eigenvalue weighted by molar-refractivity contribution is 6.06. The zero-order valence-electron chi connectivity index (χ0n) is 14.0. The van der Waals surface area contributed by atoms with Crippen LogP contribution in [0.5, 0.6) is 0 Å². The normalized spacial score (nSPS) is 18.2. The SMILES string of the molecule is Cc1cc(C)n([C@@H]2CCCN(C(=O)c3cccc4[nH]ncc34)C2)n1. The van der Waals surface area contributed by atoms with Crippen LogP contribution in [0.4, 0.5) is 0 Å². The van der Waals surface area contributed by atoms with Crippen molar-refractivity contribution in [1.82, 2.24) is 24.9 Å². The molecule has 1 fully saturated rings. The van der Waals surface area contributed by atoms with E-state index in [0.717, 1.165) is 47.2 Å². The molecule has 0 radical (unpaired) electrons. The van der Waals surface area contributed by atoms with E-state index in [2.05, 4.69) is 33.0 Å². The van der Waals surface area contributed by atoms with Gasteiger partial charge in [0.25, 0.3) is 5.91 Å². The number of nitrogens with one attached hydrogen (secondary N) is 1. The maximum absolute atomic E-state index is 13.0. The van der Waals surface area contributed by atoms with Crippen molar-refractivity contribution in [1.29, 1.82) is 0 Å². The quantitative estimate of drug-likeness (QED) is 0.788. The molecule has 4 rings (SSSR count). The number of rotatable bonds is 2. The number of piperidine rings is 1. The number of likely N-dealkylation sites (tertiary alicyclic amines) is 1. The van der Waals surface area contributed by atoms with E-state index in [-0.39, 0.29) is 11.9 Å². The van der Waals surface area contributed by atoms with E-state index in [0.29, 0.717) is 6.54 Å². The molecule has 0 unspecified atom stereocenters. The fourth-order valence-corrected chi connectivity index (χ4v) is 3.68. The molecule has 6 heteroatoms. The van der Waals surface area contributed by atoms with Gasteiger partial charge in [-0.3, -0.25) is 14.6 Å². The minimum atomic E-state index is 0.0771. The van der Waals surface area contributed by atoms with Crippen LogP contribution in [0.3, 0.4) is 0 Å². The third kappa shape index (κ3) is 2.48. The highest BCUT2D eigenvalue weighted by Gasteiger charge is 2.27. The van der Waals surface area contributed by atoms with Crippen molar-refractivity contribution in [2.24, 2.45) is 0 Å². The van der Waals surface area contributed by atoms with Crippen molar-refractivity contribution < 1.29 is 4.79 Å². The third-order valence-electron chi connectivity index (χ3n) is 4.79. The maximum Gasteiger partial charge on any atom is 0.254 e. The van der Waals surface area contributed by atoms with Crippen molar-refractivity contribution in [3.63, 3.8) is 0 Å². The molecule has 1 aliphatic heterocycles. The maximum atomic E-state index is 13.0. The van der Waals surface area contributed by atoms with Gasteiger partial charge in [0, 0.05) is 24.2 Å². The van der Waals surface area contributed by atoms with Crippen molar-refractivity contribution in [3.8, 4) is 0 Å². The zero-order chi connectivity index (χ0) is 16.7. The van der Waals surface area contributed by atoms with E-state index in [1.165, 1.54) is 0 Å². The molecular weight excluding hydrogens is 302 g/mol. The van der Waals surface area contributed by atoms with Gasteiger partial charge >= 0.3 is 0 Å². The topological polar surface area (TPSA) is 66.8 Å². The predicted octanol–water partition coefficient (Wildman–Crippen LogP) is 2.85. The summed E-state index contributed by atoms with van der Waals surface area (Å²) in [5.41, 5.74) is 3.80. The summed E-state index contributed by atoms with van der Waals surface area (Å²) < 4.78 is 2.08. The molecule has 24 heavy (non-hydrogen) atoms. The summed E-state index contributed by atoms with van der Waals surface area (Å²) in [5.74, 6) is 0.0771. The second-order valence-electron chi connectivity index (χ2n) is 6.56. The first-order chi connectivity index (χ1) is 11.6. The van der Waals surface area contributed by atoms with Crippen molar-refractivity contribution in [2.75, 3.05) is 13.1 Å². The van der Waals surface area contributed by atoms with Gasteiger partial charge in [0.2, 0.25) is 0 Å². The lowest BCUT2D eigenvalue weighted by atomic mass is 10.0. The number of H-pyrrole nitrogens is 1. The van der Waals surface area contributed by atoms with Crippen LogP contribution in [0.1, 0.15) is 40.6 Å². The summed E-state index contributed by atoms with van der Waals surface area (Å²) in [6, 6.07) is 8.06. The molecule has 1 atom stereocenters. The molecule has 0 aliphatic carbocycles. The Morgan fingerprint density at radius 1 is 1.33 bits per heavy atom. The van der Waals surface area contributed by atoms with Crippen LogP contribution in [0.15, 0.2) is 30.5 Å². The van der Waals surface area contributed by atoms with Gasteiger partial charge in [-0.15, -0.1) is 0 Å². The minimum absolute atomic E-state index is 0.0771. The lowest BCUT2D eigenvalue weighted by Crippen LogP contribution is -2.41. The van der Waals surface area contributed by atoms with E-state index < -0.39 is 0 Å². The Morgan fingerprint density at radius 2 is 2.21 bits per heavy atom. The molecule has 124 valence electrons. The Kier molecular flexibility index (Phi) is 3.59. The number of carbonyl (C=O) groups excluding carboxylic acids is 1. The molecular formula is C18H21N5O. The van der Waals surface area contributed by atoms with Crippen LogP contribution in [0.25, 0.3) is 10.9 Å². The second kappa shape index (κ2) is 5.78. The Balaban J connectivity index is 1.61. The van der Waals surface area contributed by atoms with E-state index in [9.17, 15) is 4.79 Å². The average Bonchev–Trinajstić information content (AvgIpc) is 3.20. The standard InChI is InChI=1S/C18H21N5O/c1-12-9-13(2)23(21-12)14-5-4-8-22(11-14)18(24)15-6-3-7-17-16(15)10-19-20-17/h3,6-7,9-10,14H,4-5,8,11H2,1-2H3,(H,19,20)/t14-/m1/s1. The molecule has 3 aromatic rings. The van der Waals surface area contributed by atoms with Gasteiger partial charge in [0.15, 0.2) is 0 Å². The molecule has 6 nitrogen and oxygen atoms in total. The van der Waals surface area contributed by atoms with Crippen LogP contribution in [0.2, 0.25) is 0 Å². The summed E-state index contributed by atoms with van der Waals surface area (Å²) in [4.78, 5) is 15.0. The number of aromatic amines is 1. The highest BCUT2D eigenvalue weighted by atomic mass is 16.2. The summed E-state index contributed by atoms with van der Waals surface area (Å²) >= 11 is 0. The van der Waals surface area contributed by atoms with Gasteiger partial charge in [0.05, 0.1) is 29.0 Å². The van der Waals surface area contributed by atoms with Crippen molar-refractivity contribution >= 4 is 16.8 Å². The summed E-state index contributed by atoms with van der Waals surface area (Å²) in [6.45, 7) is 5.58. The zero-order valence-corrected chi connectivity index (χ0v) is 14.0. The van der Waals surface area contributed by atoms with Crippen LogP contribution < -0.4 is 0 Å². The number of hydrogen-bond acceptors (Lipinski definition) is 3. The van der Waals surface area contributed by atoms with Crippen LogP contribution in [-0.2, 0) is 0 Å². The van der Waals surface area contributed by atoms with Gasteiger partial charge < -0.3 is 4.90 Å². The van der Waals surface area contributed by atoms with Gasteiger partial charge in [0.1, 0.15) is 0 Å². The summed E-state index contributed by atoms with van der Waals surface area (Å²) in [7, 11) is 0. The molecule has 2 aromatic heterocycles. The molecule has 0 saturated carbocycles. The fraction of sp³-hybridized carbons (Fsp3) is 0.389. The Hall–Kier alpha value is -2.63. The molecule has 0 spiro atoms. The number of benzene rings is 1. The molecule has 1 N–H and O–H groups in total. The number of fused-ring (bicyclic) bond motifs is 1. The van der Waals surface area contributed by atoms with Crippen molar-refractivity contribution in [3.05, 3.63) is 47.4 Å². The number of amides is 1. The van der Waals surface area contributed by atoms with E-state index in [4.69, 9.17) is 0 Å². The smallest absolute Gasteiger partial charge is 0.254 e. The minimum Gasteiger partial charge on any atom is -0.336 e. The molecule has 1 aromatic carbocycles. The van der Waals surface area contributed by atoms with Crippen LogP contribution in [0, 0.1) is 13.8 Å². The average molecular weight is 323 g/mol. The Labute approximate surface area is 140 Å². The number of carbonyl (C=O) groups is 1. The van der Waals surface area contributed by atoms with Gasteiger partial charge in [-0.05, 0) is 44.9 Å². The molecule has 1 aliphatic rings. The molecule has 1 saturated heterocycles. The van der Waals surface area contributed by atoms with Gasteiger partial charge in [-0.25, -0.2) is 0 Å². The molecule has 0 bridgehead atoms.